The van der Waals surface area contributed by atoms with E-state index < -0.39 is 0 Å². The molecule has 0 unspecified atom stereocenters. The first-order valence-electron chi connectivity index (χ1n) is 7.28. The molecule has 2 nitrogen and oxygen atoms in total. The van der Waals surface area contributed by atoms with Gasteiger partial charge in [-0.15, -0.1) is 0 Å². The van der Waals surface area contributed by atoms with Crippen LogP contribution in [0.15, 0.2) is 24.3 Å². The third-order valence-electron chi connectivity index (χ3n) is 4.39. The Morgan fingerprint density at radius 2 is 1.67 bits per heavy atom. The van der Waals surface area contributed by atoms with Crippen molar-refractivity contribution in [2.24, 2.45) is 0 Å². The maximum atomic E-state index is 6.06. The fourth-order valence-corrected chi connectivity index (χ4v) is 2.92. The molecule has 2 fully saturated rings. The summed E-state index contributed by atoms with van der Waals surface area (Å²) in [5.41, 5.74) is 1.29. The number of likely N-dealkylation sites (tertiary alicyclic amines) is 1. The number of hydrogen-bond acceptors (Lipinski definition) is 2. The molecule has 1 aliphatic heterocycles. The van der Waals surface area contributed by atoms with Crippen molar-refractivity contribution in [1.82, 2.24) is 4.90 Å². The number of ether oxygens (including phenoxy) is 1. The lowest BCUT2D eigenvalue weighted by Gasteiger charge is -2.41. The minimum Gasteiger partial charge on any atom is -0.490 e. The van der Waals surface area contributed by atoms with Gasteiger partial charge in [-0.1, -0.05) is 24.1 Å². The van der Waals surface area contributed by atoms with E-state index in [2.05, 4.69) is 36.1 Å². The van der Waals surface area contributed by atoms with Crippen molar-refractivity contribution in [3.05, 3.63) is 29.8 Å². The van der Waals surface area contributed by atoms with E-state index in [0.29, 0.717) is 6.10 Å². The van der Waals surface area contributed by atoms with E-state index in [1.807, 2.05) is 0 Å². The Bertz CT molecular complexity index is 375. The van der Waals surface area contributed by atoms with Gasteiger partial charge in [0.25, 0.3) is 0 Å². The maximum Gasteiger partial charge on any atom is 0.119 e. The molecule has 1 aliphatic carbocycles. The average molecular weight is 245 g/mol. The van der Waals surface area contributed by atoms with E-state index >= 15 is 0 Å². The second-order valence-electron chi connectivity index (χ2n) is 5.75. The molecule has 18 heavy (non-hydrogen) atoms. The highest BCUT2D eigenvalue weighted by atomic mass is 16.5. The van der Waals surface area contributed by atoms with Gasteiger partial charge in [-0.3, -0.25) is 0 Å². The Hall–Kier alpha value is -1.02. The summed E-state index contributed by atoms with van der Waals surface area (Å²) in [6.07, 6.45) is 7.07. The van der Waals surface area contributed by atoms with Crippen LogP contribution in [0.25, 0.3) is 0 Å². The normalized spacial score (nSPS) is 22.7. The van der Waals surface area contributed by atoms with Crippen molar-refractivity contribution in [2.45, 2.75) is 51.2 Å². The van der Waals surface area contributed by atoms with Crippen LogP contribution in [0.3, 0.4) is 0 Å². The van der Waals surface area contributed by atoms with Crippen molar-refractivity contribution in [2.75, 3.05) is 13.1 Å². The van der Waals surface area contributed by atoms with E-state index in [1.165, 1.54) is 50.8 Å². The lowest BCUT2D eigenvalue weighted by Crippen LogP contribution is -2.46. The lowest BCUT2D eigenvalue weighted by atomic mass is 9.90. The summed E-state index contributed by atoms with van der Waals surface area (Å²) in [5.74, 6) is 1.03. The summed E-state index contributed by atoms with van der Waals surface area (Å²) in [6.45, 7) is 4.56. The molecule has 2 aliphatic rings. The van der Waals surface area contributed by atoms with E-state index in [1.54, 1.807) is 0 Å². The molecule has 1 aromatic rings. The molecule has 1 aromatic carbocycles. The number of rotatable bonds is 3. The molecule has 0 aromatic heterocycles. The number of piperidine rings is 1. The number of hydrogen-bond donors (Lipinski definition) is 0. The fourth-order valence-electron chi connectivity index (χ4n) is 2.92. The highest BCUT2D eigenvalue weighted by molar-refractivity contribution is 5.26. The van der Waals surface area contributed by atoms with Gasteiger partial charge in [0.2, 0.25) is 0 Å². The van der Waals surface area contributed by atoms with Gasteiger partial charge in [0.15, 0.2) is 0 Å². The number of aryl methyl sites for hydroxylation is 1. The fraction of sp³-hybridized carbons (Fsp3) is 0.625. The highest BCUT2D eigenvalue weighted by Gasteiger charge is 2.29. The molecule has 0 radical (unpaired) electrons. The lowest BCUT2D eigenvalue weighted by molar-refractivity contribution is 0.0493. The standard InChI is InChI=1S/C16H23NO/c1-13-5-7-15(8-6-13)18-16-9-11-17(12-10-16)14-3-2-4-14/h5-8,14,16H,2-4,9-12H2,1H3. The predicted molar refractivity (Wildman–Crippen MR) is 74.0 cm³/mol. The maximum absolute atomic E-state index is 6.06. The highest BCUT2D eigenvalue weighted by Crippen LogP contribution is 2.28. The van der Waals surface area contributed by atoms with Gasteiger partial charge in [0.05, 0.1) is 0 Å². The largest absolute Gasteiger partial charge is 0.490 e. The SMILES string of the molecule is Cc1ccc(OC2CCN(C3CCC3)CC2)cc1. The first-order valence-corrected chi connectivity index (χ1v) is 7.28. The number of benzene rings is 1. The van der Waals surface area contributed by atoms with Crippen molar-refractivity contribution < 1.29 is 4.74 Å². The average Bonchev–Trinajstić information content (AvgIpc) is 2.32. The van der Waals surface area contributed by atoms with Gasteiger partial charge < -0.3 is 9.64 Å². The van der Waals surface area contributed by atoms with Gasteiger partial charge in [0.1, 0.15) is 11.9 Å². The molecule has 0 bridgehead atoms. The van der Waals surface area contributed by atoms with Crippen molar-refractivity contribution in [3.63, 3.8) is 0 Å². The molecule has 98 valence electrons. The third kappa shape index (κ3) is 2.69. The van der Waals surface area contributed by atoms with Crippen molar-refractivity contribution in [1.29, 1.82) is 0 Å². The summed E-state index contributed by atoms with van der Waals surface area (Å²) in [7, 11) is 0. The van der Waals surface area contributed by atoms with Crippen LogP contribution in [0, 0.1) is 6.92 Å². The monoisotopic (exact) mass is 245 g/mol. The van der Waals surface area contributed by atoms with Crippen LogP contribution >= 0.6 is 0 Å². The Balaban J connectivity index is 1.48. The second kappa shape index (κ2) is 5.31. The molecule has 1 saturated heterocycles. The Morgan fingerprint density at radius 1 is 1.00 bits per heavy atom. The van der Waals surface area contributed by atoms with Gasteiger partial charge in [-0.2, -0.15) is 0 Å². The van der Waals surface area contributed by atoms with Gasteiger partial charge in [-0.05, 0) is 44.7 Å². The molecule has 3 rings (SSSR count). The zero-order valence-electron chi connectivity index (χ0n) is 11.3. The smallest absolute Gasteiger partial charge is 0.119 e. The zero-order valence-corrected chi connectivity index (χ0v) is 11.3. The van der Waals surface area contributed by atoms with Crippen LogP contribution in [0.4, 0.5) is 0 Å². The summed E-state index contributed by atoms with van der Waals surface area (Å²) < 4.78 is 6.06. The third-order valence-corrected chi connectivity index (χ3v) is 4.39. The van der Waals surface area contributed by atoms with Crippen molar-refractivity contribution in [3.8, 4) is 5.75 Å². The Kier molecular flexibility index (Phi) is 3.55. The van der Waals surface area contributed by atoms with E-state index in [-0.39, 0.29) is 0 Å². The minimum atomic E-state index is 0.420. The van der Waals surface area contributed by atoms with Crippen LogP contribution in [-0.2, 0) is 0 Å². The summed E-state index contributed by atoms with van der Waals surface area (Å²) in [5, 5.41) is 0. The van der Waals surface area contributed by atoms with Crippen LogP contribution in [-0.4, -0.2) is 30.1 Å². The van der Waals surface area contributed by atoms with Gasteiger partial charge >= 0.3 is 0 Å². The topological polar surface area (TPSA) is 12.5 Å². The van der Waals surface area contributed by atoms with Crippen LogP contribution in [0.5, 0.6) is 5.75 Å². The molecule has 1 heterocycles. The zero-order chi connectivity index (χ0) is 12.4. The first-order chi connectivity index (χ1) is 8.81. The molecule has 1 saturated carbocycles. The molecule has 0 spiro atoms. The van der Waals surface area contributed by atoms with E-state index in [0.717, 1.165) is 11.8 Å². The Labute approximate surface area is 110 Å². The molecule has 0 amide bonds. The molecule has 2 heteroatoms. The number of nitrogens with zero attached hydrogens (tertiary/aromatic N) is 1. The summed E-state index contributed by atoms with van der Waals surface area (Å²) >= 11 is 0. The summed E-state index contributed by atoms with van der Waals surface area (Å²) in [6, 6.07) is 9.32. The Morgan fingerprint density at radius 3 is 2.22 bits per heavy atom. The van der Waals surface area contributed by atoms with Gasteiger partial charge in [0, 0.05) is 19.1 Å². The predicted octanol–water partition coefficient (Wildman–Crippen LogP) is 3.39. The molecule has 0 atom stereocenters. The van der Waals surface area contributed by atoms with Crippen LogP contribution in [0.2, 0.25) is 0 Å². The van der Waals surface area contributed by atoms with Gasteiger partial charge in [-0.25, -0.2) is 0 Å². The van der Waals surface area contributed by atoms with E-state index in [4.69, 9.17) is 4.74 Å². The minimum absolute atomic E-state index is 0.420. The first kappa shape index (κ1) is 12.0. The molecule has 0 N–H and O–H groups in total. The quantitative estimate of drug-likeness (QED) is 0.809. The van der Waals surface area contributed by atoms with Crippen LogP contribution in [0.1, 0.15) is 37.7 Å². The summed E-state index contributed by atoms with van der Waals surface area (Å²) in [4.78, 5) is 2.67. The van der Waals surface area contributed by atoms with E-state index in [9.17, 15) is 0 Å². The molecular weight excluding hydrogens is 222 g/mol. The molecular formula is C16H23NO. The van der Waals surface area contributed by atoms with Crippen molar-refractivity contribution >= 4 is 0 Å². The second-order valence-corrected chi connectivity index (χ2v) is 5.75. The van der Waals surface area contributed by atoms with Crippen LogP contribution < -0.4 is 4.74 Å².